The molecule has 0 unspecified atom stereocenters. The van der Waals surface area contributed by atoms with Crippen molar-refractivity contribution in [3.63, 3.8) is 0 Å². The number of hydrogen-bond donors (Lipinski definition) is 1. The van der Waals surface area contributed by atoms with Crippen molar-refractivity contribution in [1.82, 2.24) is 10.2 Å². The molecule has 0 radical (unpaired) electrons. The largest absolute Gasteiger partial charge is 0.459 e. The van der Waals surface area contributed by atoms with Gasteiger partial charge in [0.15, 0.2) is 5.76 Å². The normalized spacial score (nSPS) is 19.0. The highest BCUT2D eigenvalue weighted by molar-refractivity contribution is 5.91. The van der Waals surface area contributed by atoms with Crippen molar-refractivity contribution in [2.24, 2.45) is 0 Å². The van der Waals surface area contributed by atoms with Gasteiger partial charge in [-0.3, -0.25) is 4.79 Å². The zero-order valence-electron chi connectivity index (χ0n) is 13.0. The molecular formula is C18H21ClN2O2. The van der Waals surface area contributed by atoms with E-state index in [0.29, 0.717) is 5.76 Å². The lowest BCUT2D eigenvalue weighted by molar-refractivity contribution is 0.0627. The molecule has 2 aromatic rings. The Morgan fingerprint density at radius 3 is 2.65 bits per heavy atom. The highest BCUT2D eigenvalue weighted by Gasteiger charge is 2.40. The molecule has 4 rings (SSSR count). The Morgan fingerprint density at radius 2 is 1.91 bits per heavy atom. The molecule has 4 nitrogen and oxygen atoms in total. The number of likely N-dealkylation sites (tertiary alicyclic amines) is 1. The number of furan rings is 1. The van der Waals surface area contributed by atoms with Gasteiger partial charge in [0.1, 0.15) is 0 Å². The van der Waals surface area contributed by atoms with Crippen LogP contribution in [-0.2, 0) is 12.0 Å². The number of halogens is 1. The summed E-state index contributed by atoms with van der Waals surface area (Å²) in [7, 11) is 0. The molecule has 1 aromatic heterocycles. The van der Waals surface area contributed by atoms with Crippen LogP contribution in [0.5, 0.6) is 0 Å². The van der Waals surface area contributed by atoms with Crippen molar-refractivity contribution in [1.29, 1.82) is 0 Å². The van der Waals surface area contributed by atoms with Gasteiger partial charge < -0.3 is 14.6 Å². The monoisotopic (exact) mass is 332 g/mol. The first-order valence-corrected chi connectivity index (χ1v) is 7.90. The van der Waals surface area contributed by atoms with E-state index in [1.54, 1.807) is 18.4 Å². The van der Waals surface area contributed by atoms with Gasteiger partial charge in [-0.15, -0.1) is 12.4 Å². The fourth-order valence-electron chi connectivity index (χ4n) is 3.86. The number of amides is 1. The van der Waals surface area contributed by atoms with Gasteiger partial charge in [0.25, 0.3) is 5.91 Å². The molecule has 1 N–H and O–H groups in total. The van der Waals surface area contributed by atoms with Gasteiger partial charge >= 0.3 is 0 Å². The van der Waals surface area contributed by atoms with Crippen LogP contribution < -0.4 is 5.32 Å². The first kappa shape index (κ1) is 16.1. The fraction of sp³-hybridized carbons (Fsp3) is 0.389. The van der Waals surface area contributed by atoms with Crippen LogP contribution in [0.1, 0.15) is 34.5 Å². The van der Waals surface area contributed by atoms with Crippen LogP contribution in [0, 0.1) is 0 Å². The van der Waals surface area contributed by atoms with Gasteiger partial charge in [-0.05, 0) is 36.1 Å². The molecule has 1 saturated heterocycles. The van der Waals surface area contributed by atoms with Crippen LogP contribution in [0.15, 0.2) is 47.1 Å². The Kier molecular flexibility index (Phi) is 4.46. The van der Waals surface area contributed by atoms with Crippen molar-refractivity contribution in [3.05, 3.63) is 59.5 Å². The van der Waals surface area contributed by atoms with E-state index < -0.39 is 0 Å². The number of carbonyl (C=O) groups is 1. The second-order valence-electron chi connectivity index (χ2n) is 6.31. The summed E-state index contributed by atoms with van der Waals surface area (Å²) >= 11 is 0. The number of benzene rings is 1. The van der Waals surface area contributed by atoms with Crippen LogP contribution in [0.2, 0.25) is 0 Å². The Morgan fingerprint density at radius 1 is 1.13 bits per heavy atom. The summed E-state index contributed by atoms with van der Waals surface area (Å²) in [5, 5.41) is 3.55. The molecule has 1 aromatic carbocycles. The van der Waals surface area contributed by atoms with Crippen LogP contribution in [0.4, 0.5) is 0 Å². The fourth-order valence-corrected chi connectivity index (χ4v) is 3.86. The maximum absolute atomic E-state index is 12.4. The average molecular weight is 333 g/mol. The summed E-state index contributed by atoms with van der Waals surface area (Å²) < 4.78 is 5.24. The molecule has 3 heterocycles. The van der Waals surface area contributed by atoms with Crippen molar-refractivity contribution < 1.29 is 9.21 Å². The van der Waals surface area contributed by atoms with E-state index in [-0.39, 0.29) is 23.7 Å². The average Bonchev–Trinajstić information content (AvgIpc) is 3.10. The predicted octanol–water partition coefficient (Wildman–Crippen LogP) is 2.98. The first-order chi connectivity index (χ1) is 10.8. The second kappa shape index (κ2) is 6.38. The third-order valence-corrected chi connectivity index (χ3v) is 5.11. The maximum atomic E-state index is 12.4. The van der Waals surface area contributed by atoms with E-state index in [1.807, 2.05) is 4.90 Å². The summed E-state index contributed by atoms with van der Waals surface area (Å²) in [5.41, 5.74) is 3.05. The van der Waals surface area contributed by atoms with E-state index in [2.05, 4.69) is 29.6 Å². The highest BCUT2D eigenvalue weighted by atomic mass is 35.5. The van der Waals surface area contributed by atoms with E-state index in [0.717, 1.165) is 39.0 Å². The Hall–Kier alpha value is -1.78. The molecule has 23 heavy (non-hydrogen) atoms. The van der Waals surface area contributed by atoms with Crippen LogP contribution in [0.25, 0.3) is 0 Å². The summed E-state index contributed by atoms with van der Waals surface area (Å²) in [6, 6.07) is 12.2. The zero-order valence-corrected chi connectivity index (χ0v) is 13.8. The standard InChI is InChI=1S/C18H20N2O2.ClH/c21-17(16-6-3-11-22-16)20-9-7-18(8-10-20)13-19-12-14-4-1-2-5-15(14)18;/h1-6,11,19H,7-10,12-13H2;1H. The summed E-state index contributed by atoms with van der Waals surface area (Å²) in [6.45, 7) is 3.53. The van der Waals surface area contributed by atoms with Gasteiger partial charge in [0, 0.05) is 31.6 Å². The minimum Gasteiger partial charge on any atom is -0.459 e. The molecule has 1 fully saturated rings. The minimum absolute atomic E-state index is 0. The second-order valence-corrected chi connectivity index (χ2v) is 6.31. The topological polar surface area (TPSA) is 45.5 Å². The van der Waals surface area contributed by atoms with E-state index in [1.165, 1.54) is 11.1 Å². The van der Waals surface area contributed by atoms with Gasteiger partial charge in [0.2, 0.25) is 0 Å². The molecule has 0 saturated carbocycles. The lowest BCUT2D eigenvalue weighted by atomic mass is 9.69. The number of piperidine rings is 1. The van der Waals surface area contributed by atoms with Gasteiger partial charge in [-0.1, -0.05) is 24.3 Å². The quantitative estimate of drug-likeness (QED) is 0.873. The lowest BCUT2D eigenvalue weighted by Gasteiger charge is -2.45. The molecule has 0 aliphatic carbocycles. The zero-order chi connectivity index (χ0) is 15.0. The minimum atomic E-state index is 0. The van der Waals surface area contributed by atoms with Crippen molar-refractivity contribution >= 4 is 18.3 Å². The maximum Gasteiger partial charge on any atom is 0.289 e. The molecule has 2 aliphatic rings. The van der Waals surface area contributed by atoms with Gasteiger partial charge in [0.05, 0.1) is 6.26 Å². The summed E-state index contributed by atoms with van der Waals surface area (Å²) in [6.07, 6.45) is 3.56. The lowest BCUT2D eigenvalue weighted by Crippen LogP contribution is -2.51. The smallest absolute Gasteiger partial charge is 0.289 e. The van der Waals surface area contributed by atoms with Gasteiger partial charge in [-0.2, -0.15) is 0 Å². The summed E-state index contributed by atoms with van der Waals surface area (Å²) in [4.78, 5) is 14.3. The number of nitrogens with one attached hydrogen (secondary N) is 1. The van der Waals surface area contributed by atoms with Gasteiger partial charge in [-0.25, -0.2) is 0 Å². The van der Waals surface area contributed by atoms with Crippen molar-refractivity contribution in [2.45, 2.75) is 24.8 Å². The number of hydrogen-bond acceptors (Lipinski definition) is 3. The van der Waals surface area contributed by atoms with Crippen LogP contribution in [-0.4, -0.2) is 30.4 Å². The van der Waals surface area contributed by atoms with Crippen molar-refractivity contribution in [2.75, 3.05) is 19.6 Å². The Labute approximate surface area is 142 Å². The molecular weight excluding hydrogens is 312 g/mol. The molecule has 0 bridgehead atoms. The third kappa shape index (κ3) is 2.77. The third-order valence-electron chi connectivity index (χ3n) is 5.11. The van der Waals surface area contributed by atoms with E-state index in [4.69, 9.17) is 4.42 Å². The molecule has 1 spiro atoms. The number of rotatable bonds is 1. The Bertz CT molecular complexity index is 676. The molecule has 122 valence electrons. The van der Waals surface area contributed by atoms with E-state index in [9.17, 15) is 4.79 Å². The van der Waals surface area contributed by atoms with E-state index >= 15 is 0 Å². The molecule has 0 atom stereocenters. The van der Waals surface area contributed by atoms with Crippen LogP contribution in [0.3, 0.4) is 0 Å². The number of fused-ring (bicyclic) bond motifs is 2. The SMILES string of the molecule is Cl.O=C(c1ccco1)N1CCC2(CC1)CNCc1ccccc12. The first-order valence-electron chi connectivity index (χ1n) is 7.90. The highest BCUT2D eigenvalue weighted by Crippen LogP contribution is 2.39. The Balaban J connectivity index is 0.00000156. The molecule has 1 amide bonds. The number of carbonyl (C=O) groups excluding carboxylic acids is 1. The molecule has 2 aliphatic heterocycles. The molecule has 5 heteroatoms. The summed E-state index contributed by atoms with van der Waals surface area (Å²) in [5.74, 6) is 0.454. The predicted molar refractivity (Wildman–Crippen MR) is 90.9 cm³/mol. The van der Waals surface area contributed by atoms with Crippen molar-refractivity contribution in [3.8, 4) is 0 Å². The van der Waals surface area contributed by atoms with Crippen LogP contribution >= 0.6 is 12.4 Å². The number of nitrogens with zero attached hydrogens (tertiary/aromatic N) is 1.